The summed E-state index contributed by atoms with van der Waals surface area (Å²) < 4.78 is 11.3. The second-order valence-electron chi connectivity index (χ2n) is 7.26. The summed E-state index contributed by atoms with van der Waals surface area (Å²) in [6.07, 6.45) is 11.4. The first-order valence-corrected chi connectivity index (χ1v) is 10.8. The number of carbonyl (C=O) groups excluding carboxylic acids is 1. The molecule has 1 aromatic carbocycles. The van der Waals surface area contributed by atoms with E-state index in [1.165, 1.54) is 43.4 Å². The van der Waals surface area contributed by atoms with Crippen LogP contribution >= 0.6 is 11.3 Å². The van der Waals surface area contributed by atoms with Crippen molar-refractivity contribution in [3.63, 3.8) is 0 Å². The quantitative estimate of drug-likeness (QED) is 0.453. The van der Waals surface area contributed by atoms with Crippen LogP contribution in [0.1, 0.15) is 61.5 Å². The third-order valence-electron chi connectivity index (χ3n) is 4.92. The number of rotatable bonds is 6. The predicted molar refractivity (Wildman–Crippen MR) is 118 cm³/mol. The van der Waals surface area contributed by atoms with Gasteiger partial charge in [0.15, 0.2) is 17.3 Å². The van der Waals surface area contributed by atoms with Crippen LogP contribution in [0.3, 0.4) is 0 Å². The molecule has 0 saturated carbocycles. The molecular formula is C23H30O5S. The molecule has 0 amide bonds. The molecule has 1 unspecified atom stereocenters. The molecule has 0 aliphatic heterocycles. The van der Waals surface area contributed by atoms with Gasteiger partial charge in [-0.25, -0.2) is 0 Å². The van der Waals surface area contributed by atoms with Crippen molar-refractivity contribution < 1.29 is 24.2 Å². The number of fused-ring (bicyclic) bond motifs is 1. The Hall–Kier alpha value is -2.34. The number of hydrogen-bond donors (Lipinski definition) is 1. The number of carbonyl (C=O) groups is 2. The van der Waals surface area contributed by atoms with Gasteiger partial charge in [0.25, 0.3) is 0 Å². The number of ether oxygens (including phenoxy) is 2. The van der Waals surface area contributed by atoms with Crippen LogP contribution in [-0.4, -0.2) is 31.1 Å². The zero-order valence-electron chi connectivity index (χ0n) is 17.4. The van der Waals surface area contributed by atoms with Crippen LogP contribution in [0, 0.1) is 5.92 Å². The Morgan fingerprint density at radius 1 is 1.03 bits per heavy atom. The summed E-state index contributed by atoms with van der Waals surface area (Å²) in [7, 11) is 3.10. The number of methoxy groups -OCH3 is 2. The van der Waals surface area contributed by atoms with E-state index in [1.54, 1.807) is 26.4 Å². The molecule has 0 radical (unpaired) electrons. The first-order chi connectivity index (χ1) is 13.9. The van der Waals surface area contributed by atoms with Crippen LogP contribution in [0.5, 0.6) is 11.5 Å². The topological polar surface area (TPSA) is 72.8 Å². The number of allylic oxidation sites excluding steroid dienone is 2. The second-order valence-corrected chi connectivity index (χ2v) is 8.34. The van der Waals surface area contributed by atoms with Gasteiger partial charge in [-0.3, -0.25) is 9.59 Å². The monoisotopic (exact) mass is 418 g/mol. The van der Waals surface area contributed by atoms with Crippen molar-refractivity contribution in [2.24, 2.45) is 5.92 Å². The van der Waals surface area contributed by atoms with Gasteiger partial charge in [0.2, 0.25) is 0 Å². The van der Waals surface area contributed by atoms with E-state index >= 15 is 0 Å². The SMILES string of the molecule is CC1CC/C=C/CCC1.COc1cc2cc(C(=O)CCC(=O)O)sc2cc1OC. The Labute approximate surface area is 176 Å². The fourth-order valence-electron chi connectivity index (χ4n) is 3.19. The van der Waals surface area contributed by atoms with Crippen molar-refractivity contribution >= 4 is 33.2 Å². The predicted octanol–water partition coefficient (Wildman–Crippen LogP) is 6.11. The molecule has 1 atom stereocenters. The van der Waals surface area contributed by atoms with Crippen molar-refractivity contribution in [3.8, 4) is 11.5 Å². The van der Waals surface area contributed by atoms with Crippen molar-refractivity contribution in [3.05, 3.63) is 35.2 Å². The average molecular weight is 419 g/mol. The van der Waals surface area contributed by atoms with Gasteiger partial charge < -0.3 is 14.6 Å². The molecule has 5 nitrogen and oxygen atoms in total. The number of aliphatic carboxylic acids is 1. The minimum atomic E-state index is -0.970. The number of hydrogen-bond acceptors (Lipinski definition) is 5. The molecule has 0 fully saturated rings. The summed E-state index contributed by atoms with van der Waals surface area (Å²) in [5, 5.41) is 9.48. The lowest BCUT2D eigenvalue weighted by Gasteiger charge is -2.10. The van der Waals surface area contributed by atoms with Crippen molar-refractivity contribution in [1.82, 2.24) is 0 Å². The van der Waals surface area contributed by atoms with Gasteiger partial charge in [-0.1, -0.05) is 25.5 Å². The maximum atomic E-state index is 11.9. The summed E-state index contributed by atoms with van der Waals surface area (Å²) in [6, 6.07) is 5.37. The molecule has 0 spiro atoms. The lowest BCUT2D eigenvalue weighted by atomic mass is 9.96. The molecule has 2 aromatic rings. The van der Waals surface area contributed by atoms with E-state index in [4.69, 9.17) is 14.6 Å². The van der Waals surface area contributed by atoms with Crippen LogP contribution in [-0.2, 0) is 4.79 Å². The smallest absolute Gasteiger partial charge is 0.303 e. The highest BCUT2D eigenvalue weighted by Crippen LogP contribution is 2.36. The zero-order valence-corrected chi connectivity index (χ0v) is 18.2. The molecule has 1 N–H and O–H groups in total. The lowest BCUT2D eigenvalue weighted by Crippen LogP contribution is -2.01. The molecule has 6 heteroatoms. The number of benzene rings is 1. The fourth-order valence-corrected chi connectivity index (χ4v) is 4.23. The second kappa shape index (κ2) is 11.6. The molecule has 3 rings (SSSR count). The van der Waals surface area contributed by atoms with E-state index in [2.05, 4.69) is 19.1 Å². The summed E-state index contributed by atoms with van der Waals surface area (Å²) in [4.78, 5) is 23.0. The van der Waals surface area contributed by atoms with Gasteiger partial charge in [-0.15, -0.1) is 11.3 Å². The molecular weight excluding hydrogens is 388 g/mol. The third-order valence-corrected chi connectivity index (χ3v) is 6.06. The molecule has 1 aliphatic rings. The lowest BCUT2D eigenvalue weighted by molar-refractivity contribution is -0.136. The van der Waals surface area contributed by atoms with Gasteiger partial charge in [-0.2, -0.15) is 0 Å². The Bertz CT molecular complexity index is 811. The standard InChI is InChI=1S/C14H14O5S.C9H16/c1-18-10-5-8-6-13(9(15)3-4-14(16)17)20-12(8)7-11(10)19-2;1-9-7-5-3-2-4-6-8-9/h5-7H,3-4H2,1-2H3,(H,16,17);2-3,9H,4-8H2,1H3/b;3-2+. The molecule has 1 aromatic heterocycles. The Morgan fingerprint density at radius 2 is 1.72 bits per heavy atom. The molecule has 0 bridgehead atoms. The van der Waals surface area contributed by atoms with Gasteiger partial charge in [0.05, 0.1) is 25.5 Å². The summed E-state index contributed by atoms with van der Waals surface area (Å²) in [5.41, 5.74) is 0. The number of ketones is 1. The van der Waals surface area contributed by atoms with Crippen LogP contribution < -0.4 is 9.47 Å². The summed E-state index contributed by atoms with van der Waals surface area (Å²) in [6.45, 7) is 2.36. The van der Waals surface area contributed by atoms with Gasteiger partial charge >= 0.3 is 5.97 Å². The summed E-state index contributed by atoms with van der Waals surface area (Å²) >= 11 is 1.33. The Kier molecular flexibility index (Phi) is 9.19. The molecule has 29 heavy (non-hydrogen) atoms. The maximum Gasteiger partial charge on any atom is 0.303 e. The van der Waals surface area contributed by atoms with Gasteiger partial charge in [-0.05, 0) is 49.1 Å². The zero-order chi connectivity index (χ0) is 21.2. The minimum absolute atomic E-state index is 0.0103. The Balaban J connectivity index is 0.000000278. The molecule has 1 heterocycles. The number of Topliss-reactive ketones (excluding diaryl/α,β-unsaturated/α-hetero) is 1. The average Bonchev–Trinajstić information content (AvgIpc) is 3.11. The number of carboxylic acid groups (broad SMARTS) is 1. The van der Waals surface area contributed by atoms with E-state index in [1.807, 2.05) is 6.07 Å². The maximum absolute atomic E-state index is 11.9. The molecule has 158 valence electrons. The van der Waals surface area contributed by atoms with Crippen molar-refractivity contribution in [1.29, 1.82) is 0 Å². The fraction of sp³-hybridized carbons (Fsp3) is 0.478. The van der Waals surface area contributed by atoms with Gasteiger partial charge in [0, 0.05) is 17.2 Å². The highest BCUT2D eigenvalue weighted by Gasteiger charge is 2.14. The number of carboxylic acids is 1. The van der Waals surface area contributed by atoms with Gasteiger partial charge in [0.1, 0.15) is 0 Å². The van der Waals surface area contributed by atoms with Crippen LogP contribution in [0.4, 0.5) is 0 Å². The van der Waals surface area contributed by atoms with E-state index in [0.29, 0.717) is 16.4 Å². The van der Waals surface area contributed by atoms with E-state index in [-0.39, 0.29) is 18.6 Å². The Morgan fingerprint density at radius 3 is 2.41 bits per heavy atom. The van der Waals surface area contributed by atoms with Crippen LogP contribution in [0.15, 0.2) is 30.4 Å². The summed E-state index contributed by atoms with van der Waals surface area (Å²) in [5.74, 6) is 1.04. The van der Waals surface area contributed by atoms with E-state index < -0.39 is 5.97 Å². The largest absolute Gasteiger partial charge is 0.493 e. The van der Waals surface area contributed by atoms with E-state index in [9.17, 15) is 9.59 Å². The van der Waals surface area contributed by atoms with Crippen molar-refractivity contribution in [2.75, 3.05) is 14.2 Å². The molecule has 1 aliphatic carbocycles. The molecule has 0 saturated heterocycles. The minimum Gasteiger partial charge on any atom is -0.493 e. The number of thiophene rings is 1. The first kappa shape index (κ1) is 22.9. The highest BCUT2D eigenvalue weighted by molar-refractivity contribution is 7.20. The van der Waals surface area contributed by atoms with Crippen LogP contribution in [0.2, 0.25) is 0 Å². The first-order valence-electron chi connectivity index (χ1n) is 10.00. The normalized spacial score (nSPS) is 17.4. The van der Waals surface area contributed by atoms with Crippen LogP contribution in [0.25, 0.3) is 10.1 Å². The highest BCUT2D eigenvalue weighted by atomic mass is 32.1. The van der Waals surface area contributed by atoms with E-state index in [0.717, 1.165) is 16.0 Å². The van der Waals surface area contributed by atoms with Crippen molar-refractivity contribution in [2.45, 2.75) is 51.9 Å². The third kappa shape index (κ3) is 7.20.